The average molecular weight is 332 g/mol. The summed E-state index contributed by atoms with van der Waals surface area (Å²) in [5.74, 6) is 0.838. The first kappa shape index (κ1) is 17.9. The summed E-state index contributed by atoms with van der Waals surface area (Å²) >= 11 is 1.72. The molecule has 0 aliphatic heterocycles. The molecule has 6 nitrogen and oxygen atoms in total. The Morgan fingerprint density at radius 1 is 1.33 bits per heavy atom. The van der Waals surface area contributed by atoms with Crippen LogP contribution in [0.2, 0.25) is 0 Å². The molecule has 0 saturated carbocycles. The molecular weight excluding hydrogens is 308 g/mol. The van der Waals surface area contributed by atoms with Gasteiger partial charge in [-0.1, -0.05) is 0 Å². The summed E-state index contributed by atoms with van der Waals surface area (Å²) in [4.78, 5) is 5.43. The lowest BCUT2D eigenvalue weighted by atomic mass is 10.3. The van der Waals surface area contributed by atoms with Gasteiger partial charge >= 0.3 is 0 Å². The van der Waals surface area contributed by atoms with Gasteiger partial charge in [0.25, 0.3) is 0 Å². The Kier molecular flexibility index (Phi) is 7.69. The van der Waals surface area contributed by atoms with Gasteiger partial charge in [0.1, 0.15) is 0 Å². The second-order valence-electron chi connectivity index (χ2n) is 4.53. The maximum Gasteiger partial charge on any atom is 0.211 e. The summed E-state index contributed by atoms with van der Waals surface area (Å²) in [6.45, 7) is 5.55. The van der Waals surface area contributed by atoms with Crippen LogP contribution in [0.5, 0.6) is 0 Å². The zero-order valence-corrected chi connectivity index (χ0v) is 14.4. The highest BCUT2D eigenvalue weighted by atomic mass is 32.2. The quantitative estimate of drug-likeness (QED) is 0.377. The molecule has 0 aliphatic rings. The summed E-state index contributed by atoms with van der Waals surface area (Å²) in [7, 11) is -1.37. The molecule has 1 heterocycles. The Labute approximate surface area is 131 Å². The fourth-order valence-corrected chi connectivity index (χ4v) is 3.10. The van der Waals surface area contributed by atoms with Crippen LogP contribution in [0.1, 0.15) is 23.8 Å². The van der Waals surface area contributed by atoms with Gasteiger partial charge < -0.3 is 10.6 Å². The average Bonchev–Trinajstić information content (AvgIpc) is 2.87. The molecular formula is C13H24N4O2S2. The van der Waals surface area contributed by atoms with Crippen LogP contribution in [0, 0.1) is 6.92 Å². The van der Waals surface area contributed by atoms with E-state index in [-0.39, 0.29) is 5.75 Å². The van der Waals surface area contributed by atoms with Crippen molar-refractivity contribution in [3.05, 3.63) is 21.9 Å². The molecule has 0 fully saturated rings. The molecule has 1 aromatic rings. The highest BCUT2D eigenvalue weighted by molar-refractivity contribution is 7.89. The van der Waals surface area contributed by atoms with Crippen LogP contribution in [0.4, 0.5) is 0 Å². The predicted molar refractivity (Wildman–Crippen MR) is 89.3 cm³/mol. The monoisotopic (exact) mass is 332 g/mol. The van der Waals surface area contributed by atoms with Crippen LogP contribution < -0.4 is 15.4 Å². The molecule has 21 heavy (non-hydrogen) atoms. The van der Waals surface area contributed by atoms with E-state index in [1.165, 1.54) is 10.4 Å². The maximum absolute atomic E-state index is 11.3. The van der Waals surface area contributed by atoms with Gasteiger partial charge in [-0.3, -0.25) is 4.99 Å². The minimum Gasteiger partial charge on any atom is -0.356 e. The second kappa shape index (κ2) is 9.01. The third-order valence-electron chi connectivity index (χ3n) is 2.96. The second-order valence-corrected chi connectivity index (χ2v) is 7.63. The predicted octanol–water partition coefficient (Wildman–Crippen LogP) is 1.05. The number of hydrogen-bond acceptors (Lipinski definition) is 4. The molecule has 3 N–H and O–H groups in total. The van der Waals surface area contributed by atoms with Crippen LogP contribution in [-0.4, -0.2) is 40.3 Å². The Balaban J connectivity index is 2.22. The van der Waals surface area contributed by atoms with Gasteiger partial charge in [0.2, 0.25) is 10.0 Å². The van der Waals surface area contributed by atoms with E-state index in [9.17, 15) is 8.42 Å². The van der Waals surface area contributed by atoms with Crippen molar-refractivity contribution in [2.45, 2.75) is 26.8 Å². The van der Waals surface area contributed by atoms with Gasteiger partial charge in [0.05, 0.1) is 12.3 Å². The summed E-state index contributed by atoms with van der Waals surface area (Å²) in [6, 6.07) is 2.09. The largest absolute Gasteiger partial charge is 0.356 e. The third kappa shape index (κ3) is 6.92. The topological polar surface area (TPSA) is 82.6 Å². The van der Waals surface area contributed by atoms with Crippen molar-refractivity contribution in [2.24, 2.45) is 4.99 Å². The van der Waals surface area contributed by atoms with Crippen molar-refractivity contribution < 1.29 is 8.42 Å². The number of thiophene rings is 1. The molecule has 0 spiro atoms. The molecule has 120 valence electrons. The highest BCUT2D eigenvalue weighted by Crippen LogP contribution is 2.14. The minimum atomic E-state index is -3.09. The summed E-state index contributed by atoms with van der Waals surface area (Å²) in [6.07, 6.45) is 0.706. The standard InChI is InChI=1S/C13H24N4O2S2/c1-4-21(18,19)17-8-5-7-15-13(14-3)16-10-12-11(2)6-9-20-12/h6,9,17H,4-5,7-8,10H2,1-3H3,(H2,14,15,16). The van der Waals surface area contributed by atoms with Gasteiger partial charge in [0.15, 0.2) is 5.96 Å². The Morgan fingerprint density at radius 3 is 2.67 bits per heavy atom. The van der Waals surface area contributed by atoms with Gasteiger partial charge in [0, 0.05) is 25.0 Å². The van der Waals surface area contributed by atoms with Gasteiger partial charge in [-0.05, 0) is 37.3 Å². The van der Waals surface area contributed by atoms with E-state index in [2.05, 4.69) is 38.7 Å². The van der Waals surface area contributed by atoms with Crippen LogP contribution >= 0.6 is 11.3 Å². The molecule has 0 atom stereocenters. The first-order chi connectivity index (χ1) is 9.98. The van der Waals surface area contributed by atoms with Crippen LogP contribution in [0.25, 0.3) is 0 Å². The molecule has 0 amide bonds. The van der Waals surface area contributed by atoms with E-state index in [1.807, 2.05) is 0 Å². The molecule has 8 heteroatoms. The smallest absolute Gasteiger partial charge is 0.211 e. The van der Waals surface area contributed by atoms with Gasteiger partial charge in [-0.2, -0.15) is 0 Å². The van der Waals surface area contributed by atoms with Crippen molar-refractivity contribution in [2.75, 3.05) is 25.9 Å². The van der Waals surface area contributed by atoms with E-state index in [0.717, 1.165) is 12.5 Å². The number of hydrogen-bond donors (Lipinski definition) is 3. The minimum absolute atomic E-state index is 0.115. The molecule has 0 radical (unpaired) electrons. The fourth-order valence-electron chi connectivity index (χ4n) is 1.59. The van der Waals surface area contributed by atoms with Gasteiger partial charge in [-0.15, -0.1) is 11.3 Å². The van der Waals surface area contributed by atoms with Crippen molar-refractivity contribution in [1.29, 1.82) is 0 Å². The summed E-state index contributed by atoms with van der Waals surface area (Å²) < 4.78 is 25.0. The van der Waals surface area contributed by atoms with E-state index in [4.69, 9.17) is 0 Å². The molecule has 0 saturated heterocycles. The number of sulfonamides is 1. The Morgan fingerprint density at radius 2 is 2.10 bits per heavy atom. The molecule has 0 unspecified atom stereocenters. The van der Waals surface area contributed by atoms with Crippen LogP contribution in [-0.2, 0) is 16.6 Å². The van der Waals surface area contributed by atoms with Crippen molar-refractivity contribution in [3.8, 4) is 0 Å². The van der Waals surface area contributed by atoms with Crippen molar-refractivity contribution in [1.82, 2.24) is 15.4 Å². The molecule has 0 bridgehead atoms. The summed E-state index contributed by atoms with van der Waals surface area (Å²) in [5.41, 5.74) is 1.27. The van der Waals surface area contributed by atoms with Crippen LogP contribution in [0.15, 0.2) is 16.4 Å². The number of nitrogens with one attached hydrogen (secondary N) is 3. The number of aliphatic imine (C=N–C) groups is 1. The van der Waals surface area contributed by atoms with Crippen molar-refractivity contribution >= 4 is 27.3 Å². The zero-order valence-electron chi connectivity index (χ0n) is 12.8. The molecule has 0 aliphatic carbocycles. The SMILES string of the molecule is CCS(=O)(=O)NCCCNC(=NC)NCc1sccc1C. The number of nitrogens with zero attached hydrogens (tertiary/aromatic N) is 1. The Bertz CT molecular complexity index is 552. The fraction of sp³-hybridized carbons (Fsp3) is 0.615. The van der Waals surface area contributed by atoms with Crippen LogP contribution in [0.3, 0.4) is 0 Å². The Hall–Kier alpha value is -1.12. The van der Waals surface area contributed by atoms with Crippen molar-refractivity contribution in [3.63, 3.8) is 0 Å². The van der Waals surface area contributed by atoms with E-state index < -0.39 is 10.0 Å². The van der Waals surface area contributed by atoms with Gasteiger partial charge in [-0.25, -0.2) is 13.1 Å². The van der Waals surface area contributed by atoms with E-state index in [0.29, 0.717) is 19.5 Å². The maximum atomic E-state index is 11.3. The lowest BCUT2D eigenvalue weighted by Crippen LogP contribution is -2.38. The van der Waals surface area contributed by atoms with E-state index >= 15 is 0 Å². The first-order valence-corrected chi connectivity index (χ1v) is 9.46. The third-order valence-corrected chi connectivity index (χ3v) is 5.38. The molecule has 1 rings (SSSR count). The first-order valence-electron chi connectivity index (χ1n) is 6.93. The normalized spacial score (nSPS) is 12.4. The molecule has 1 aromatic heterocycles. The lowest BCUT2D eigenvalue weighted by Gasteiger charge is -2.11. The van der Waals surface area contributed by atoms with E-state index in [1.54, 1.807) is 25.3 Å². The summed E-state index contributed by atoms with van der Waals surface area (Å²) in [5, 5.41) is 8.48. The molecule has 0 aromatic carbocycles. The number of aryl methyl sites for hydroxylation is 1. The highest BCUT2D eigenvalue weighted by Gasteiger charge is 2.05. The zero-order chi connectivity index (χ0) is 15.7. The number of rotatable bonds is 8. The number of guanidine groups is 1. The lowest BCUT2D eigenvalue weighted by molar-refractivity contribution is 0.579.